The van der Waals surface area contributed by atoms with Gasteiger partial charge in [0.2, 0.25) is 0 Å². The van der Waals surface area contributed by atoms with Gasteiger partial charge in [-0.2, -0.15) is 0 Å². The highest BCUT2D eigenvalue weighted by atomic mass is 16.6. The molecule has 0 atom stereocenters. The van der Waals surface area contributed by atoms with Gasteiger partial charge in [0.25, 0.3) is 0 Å². The van der Waals surface area contributed by atoms with Crippen molar-refractivity contribution in [3.63, 3.8) is 0 Å². The van der Waals surface area contributed by atoms with Crippen LogP contribution in [0.5, 0.6) is 0 Å². The Labute approximate surface area is 71.7 Å². The monoisotopic (exact) mass is 168 g/mol. The van der Waals surface area contributed by atoms with E-state index in [1.165, 1.54) is 0 Å². The summed E-state index contributed by atoms with van der Waals surface area (Å²) in [6.07, 6.45) is 2.55. The fourth-order valence-electron chi connectivity index (χ4n) is 0.877. The average Bonchev–Trinajstić information content (AvgIpc) is 2.36. The van der Waals surface area contributed by atoms with Gasteiger partial charge in [0.05, 0.1) is 12.2 Å². The van der Waals surface area contributed by atoms with Crippen LogP contribution in [0, 0.1) is 0 Å². The van der Waals surface area contributed by atoms with Crippen molar-refractivity contribution in [1.82, 2.24) is 0 Å². The summed E-state index contributed by atoms with van der Waals surface area (Å²) in [5.41, 5.74) is 0.582. The lowest BCUT2D eigenvalue weighted by Crippen LogP contribution is -1.96. The lowest BCUT2D eigenvalue weighted by molar-refractivity contribution is -0.136. The summed E-state index contributed by atoms with van der Waals surface area (Å²) in [7, 11) is 0. The summed E-state index contributed by atoms with van der Waals surface area (Å²) in [5, 5.41) is 0. The van der Waals surface area contributed by atoms with Crippen LogP contribution in [0.1, 0.15) is 13.3 Å². The molecular weight excluding hydrogens is 156 g/mol. The molecular formula is C9H12O3. The normalized spacial score (nSPS) is 16.2. The largest absolute Gasteiger partial charge is 0.493 e. The molecule has 1 aliphatic rings. The van der Waals surface area contributed by atoms with Crippen LogP contribution in [0.3, 0.4) is 0 Å². The molecule has 66 valence electrons. The second-order valence-electron chi connectivity index (χ2n) is 2.55. The molecule has 0 aliphatic carbocycles. The molecule has 0 saturated carbocycles. The summed E-state index contributed by atoms with van der Waals surface area (Å²) in [5.74, 6) is 0.380. The van der Waals surface area contributed by atoms with Gasteiger partial charge >= 0.3 is 5.97 Å². The molecule has 0 aromatic heterocycles. The van der Waals surface area contributed by atoms with Gasteiger partial charge in [0, 0.05) is 0 Å². The Balaban J connectivity index is 2.41. The van der Waals surface area contributed by atoms with E-state index < -0.39 is 0 Å². The Morgan fingerprint density at radius 2 is 2.50 bits per heavy atom. The summed E-state index contributed by atoms with van der Waals surface area (Å²) in [6, 6.07) is 0. The second-order valence-corrected chi connectivity index (χ2v) is 2.55. The molecule has 1 aliphatic heterocycles. The zero-order chi connectivity index (χ0) is 8.97. The molecule has 0 bridgehead atoms. The zero-order valence-electron chi connectivity index (χ0n) is 7.13. The molecule has 0 saturated heterocycles. The Morgan fingerprint density at radius 3 is 3.00 bits per heavy atom. The summed E-state index contributed by atoms with van der Waals surface area (Å²) in [6.45, 7) is 6.11. The SMILES string of the molecule is C=CCCOC1=C(C)C(=O)OC1. The molecule has 0 fully saturated rings. The molecule has 3 heteroatoms. The first-order valence-electron chi connectivity index (χ1n) is 3.86. The van der Waals surface area contributed by atoms with Crippen molar-refractivity contribution in [3.05, 3.63) is 24.0 Å². The first-order chi connectivity index (χ1) is 5.75. The van der Waals surface area contributed by atoms with E-state index in [1.54, 1.807) is 13.0 Å². The highest BCUT2D eigenvalue weighted by molar-refractivity contribution is 5.90. The molecule has 0 amide bonds. The van der Waals surface area contributed by atoms with Crippen molar-refractivity contribution in [2.75, 3.05) is 13.2 Å². The summed E-state index contributed by atoms with van der Waals surface area (Å²) in [4.78, 5) is 10.8. The van der Waals surface area contributed by atoms with Gasteiger partial charge in [-0.15, -0.1) is 6.58 Å². The minimum absolute atomic E-state index is 0.274. The Hall–Kier alpha value is -1.25. The van der Waals surface area contributed by atoms with E-state index in [-0.39, 0.29) is 12.6 Å². The Morgan fingerprint density at radius 1 is 1.75 bits per heavy atom. The molecule has 0 radical (unpaired) electrons. The number of hydrogen-bond acceptors (Lipinski definition) is 3. The van der Waals surface area contributed by atoms with Crippen LogP contribution in [-0.2, 0) is 14.3 Å². The molecule has 1 rings (SSSR count). The molecule has 12 heavy (non-hydrogen) atoms. The van der Waals surface area contributed by atoms with Gasteiger partial charge < -0.3 is 9.47 Å². The third kappa shape index (κ3) is 1.87. The van der Waals surface area contributed by atoms with Gasteiger partial charge in [-0.3, -0.25) is 0 Å². The predicted molar refractivity (Wildman–Crippen MR) is 44.4 cm³/mol. The fourth-order valence-corrected chi connectivity index (χ4v) is 0.877. The van der Waals surface area contributed by atoms with Crippen molar-refractivity contribution in [2.24, 2.45) is 0 Å². The number of ether oxygens (including phenoxy) is 2. The maximum Gasteiger partial charge on any atom is 0.337 e. The van der Waals surface area contributed by atoms with Crippen molar-refractivity contribution >= 4 is 5.97 Å². The Bertz CT molecular complexity index is 228. The predicted octanol–water partition coefficient (Wildman–Crippen LogP) is 1.41. The highest BCUT2D eigenvalue weighted by Crippen LogP contribution is 2.15. The van der Waals surface area contributed by atoms with Crippen LogP contribution >= 0.6 is 0 Å². The van der Waals surface area contributed by atoms with E-state index >= 15 is 0 Å². The lowest BCUT2D eigenvalue weighted by Gasteiger charge is -2.03. The minimum Gasteiger partial charge on any atom is -0.493 e. The molecule has 0 aromatic rings. The van der Waals surface area contributed by atoms with Crippen LogP contribution in [-0.4, -0.2) is 19.2 Å². The van der Waals surface area contributed by atoms with Crippen LogP contribution in [0.4, 0.5) is 0 Å². The number of hydrogen-bond donors (Lipinski definition) is 0. The minimum atomic E-state index is -0.274. The first-order valence-corrected chi connectivity index (χ1v) is 3.86. The van der Waals surface area contributed by atoms with Crippen LogP contribution < -0.4 is 0 Å². The third-order valence-electron chi connectivity index (χ3n) is 1.66. The van der Waals surface area contributed by atoms with Crippen LogP contribution in [0.25, 0.3) is 0 Å². The number of esters is 1. The Kier molecular flexibility index (Phi) is 2.91. The number of carbonyl (C=O) groups excluding carboxylic acids is 1. The van der Waals surface area contributed by atoms with E-state index in [9.17, 15) is 4.79 Å². The van der Waals surface area contributed by atoms with E-state index in [0.717, 1.165) is 6.42 Å². The van der Waals surface area contributed by atoms with Crippen molar-refractivity contribution in [3.8, 4) is 0 Å². The topological polar surface area (TPSA) is 35.5 Å². The summed E-state index contributed by atoms with van der Waals surface area (Å²) >= 11 is 0. The molecule has 1 heterocycles. The number of rotatable bonds is 4. The smallest absolute Gasteiger partial charge is 0.337 e. The van der Waals surface area contributed by atoms with Gasteiger partial charge in [-0.25, -0.2) is 4.79 Å². The summed E-state index contributed by atoms with van der Waals surface area (Å²) < 4.78 is 10.0. The molecule has 0 N–H and O–H groups in total. The maximum atomic E-state index is 10.8. The van der Waals surface area contributed by atoms with Crippen LogP contribution in [0.2, 0.25) is 0 Å². The van der Waals surface area contributed by atoms with E-state index in [0.29, 0.717) is 17.9 Å². The van der Waals surface area contributed by atoms with Crippen LogP contribution in [0.15, 0.2) is 24.0 Å². The number of cyclic esters (lactones) is 1. The quantitative estimate of drug-likeness (QED) is 0.361. The average molecular weight is 168 g/mol. The third-order valence-corrected chi connectivity index (χ3v) is 1.66. The van der Waals surface area contributed by atoms with Gasteiger partial charge in [0.1, 0.15) is 12.4 Å². The van der Waals surface area contributed by atoms with Crippen molar-refractivity contribution in [1.29, 1.82) is 0 Å². The molecule has 0 unspecified atom stereocenters. The first kappa shape index (κ1) is 8.84. The van der Waals surface area contributed by atoms with Gasteiger partial charge in [-0.05, 0) is 13.3 Å². The fraction of sp³-hybridized carbons (Fsp3) is 0.444. The van der Waals surface area contributed by atoms with E-state index in [4.69, 9.17) is 9.47 Å². The van der Waals surface area contributed by atoms with Gasteiger partial charge in [0.15, 0.2) is 0 Å². The molecule has 0 spiro atoms. The van der Waals surface area contributed by atoms with Gasteiger partial charge in [-0.1, -0.05) is 6.08 Å². The maximum absolute atomic E-state index is 10.8. The molecule has 3 nitrogen and oxygen atoms in total. The van der Waals surface area contributed by atoms with E-state index in [1.807, 2.05) is 0 Å². The van der Waals surface area contributed by atoms with E-state index in [2.05, 4.69) is 6.58 Å². The zero-order valence-corrected chi connectivity index (χ0v) is 7.13. The van der Waals surface area contributed by atoms with Crippen molar-refractivity contribution < 1.29 is 14.3 Å². The lowest BCUT2D eigenvalue weighted by atomic mass is 10.3. The van der Waals surface area contributed by atoms with Crippen molar-refractivity contribution in [2.45, 2.75) is 13.3 Å². The second kappa shape index (κ2) is 3.95. The molecule has 0 aromatic carbocycles. The number of carbonyl (C=O) groups is 1. The highest BCUT2D eigenvalue weighted by Gasteiger charge is 2.21. The standard InChI is InChI=1S/C9H12O3/c1-3-4-5-11-8-6-12-9(10)7(8)2/h3H,1,4-6H2,2H3.